The fraction of sp³-hybridized carbons (Fsp3) is 0.273. The number of phenols is 1. The molecular weight excluding hydrogens is 598 g/mol. The van der Waals surface area contributed by atoms with E-state index in [0.29, 0.717) is 22.3 Å². The van der Waals surface area contributed by atoms with Gasteiger partial charge in [-0.2, -0.15) is 0 Å². The SMILES string of the molecule is CCC(=O)[C@H](C)NP(=O)(CCN(C)C(=O)c1c2c(c(O)c3ncccc13)C(=O)N(Cc1ccc(F)cc1)C2)Oc1ccccc1. The molecule has 2 N–H and O–H groups in total. The summed E-state index contributed by atoms with van der Waals surface area (Å²) in [7, 11) is -2.14. The molecule has 1 aliphatic heterocycles. The highest BCUT2D eigenvalue weighted by molar-refractivity contribution is 7.57. The van der Waals surface area contributed by atoms with E-state index in [0.717, 1.165) is 0 Å². The van der Waals surface area contributed by atoms with Crippen LogP contribution in [0.25, 0.3) is 10.9 Å². The van der Waals surface area contributed by atoms with E-state index in [2.05, 4.69) is 10.1 Å². The highest BCUT2D eigenvalue weighted by Gasteiger charge is 2.38. The average molecular weight is 633 g/mol. The number of amides is 2. The third-order valence-corrected chi connectivity index (χ3v) is 9.86. The van der Waals surface area contributed by atoms with Gasteiger partial charge in [-0.25, -0.2) is 9.48 Å². The van der Waals surface area contributed by atoms with Crippen LogP contribution in [0, 0.1) is 5.82 Å². The molecule has 2 amide bonds. The smallest absolute Gasteiger partial charge is 0.319 e. The molecule has 0 aliphatic carbocycles. The second-order valence-electron chi connectivity index (χ2n) is 11.0. The van der Waals surface area contributed by atoms with E-state index in [-0.39, 0.29) is 60.4 Å². The lowest BCUT2D eigenvalue weighted by Crippen LogP contribution is -2.36. The Balaban J connectivity index is 1.44. The van der Waals surface area contributed by atoms with Gasteiger partial charge in [0.2, 0.25) is 0 Å². The van der Waals surface area contributed by atoms with Gasteiger partial charge in [-0.05, 0) is 42.8 Å². The van der Waals surface area contributed by atoms with Gasteiger partial charge in [-0.1, -0.05) is 43.3 Å². The second kappa shape index (κ2) is 13.2. The number of halogens is 1. The molecule has 10 nitrogen and oxygen atoms in total. The molecule has 0 radical (unpaired) electrons. The lowest BCUT2D eigenvalue weighted by Gasteiger charge is -2.26. The highest BCUT2D eigenvalue weighted by atomic mass is 31.2. The van der Waals surface area contributed by atoms with Crippen molar-refractivity contribution in [2.75, 3.05) is 19.8 Å². The van der Waals surface area contributed by atoms with Crippen LogP contribution in [0.2, 0.25) is 0 Å². The van der Waals surface area contributed by atoms with E-state index in [4.69, 9.17) is 4.52 Å². The molecule has 1 aliphatic rings. The number of carbonyl (C=O) groups excluding carboxylic acids is 3. The van der Waals surface area contributed by atoms with Crippen LogP contribution in [0.3, 0.4) is 0 Å². The van der Waals surface area contributed by atoms with Crippen molar-refractivity contribution in [3.05, 3.63) is 101 Å². The molecule has 1 aromatic heterocycles. The number of nitrogens with zero attached hydrogens (tertiary/aromatic N) is 3. The molecule has 1 unspecified atom stereocenters. The molecule has 4 aromatic rings. The minimum absolute atomic E-state index is 0.00767. The largest absolute Gasteiger partial charge is 0.505 e. The topological polar surface area (TPSA) is 129 Å². The first-order valence-corrected chi connectivity index (χ1v) is 16.4. The van der Waals surface area contributed by atoms with Gasteiger partial charge in [0.05, 0.1) is 23.3 Å². The third kappa shape index (κ3) is 6.74. The van der Waals surface area contributed by atoms with Gasteiger partial charge in [-0.3, -0.25) is 23.9 Å². The van der Waals surface area contributed by atoms with Crippen LogP contribution in [0.15, 0.2) is 72.9 Å². The standard InChI is InChI=1S/C33H34FN4O6P/c1-4-27(39)21(2)36-45(43,44-24-9-6-5-7-10-24)18-17-37(3)32(41)28-25-11-8-16-35-30(25)31(40)29-26(28)20-38(33(29)42)19-22-12-14-23(34)15-13-22/h5-16,21,40H,4,17-20H2,1-3H3,(H,36,43)/t21-,45?/m0/s1. The van der Waals surface area contributed by atoms with Crippen LogP contribution >= 0.6 is 7.52 Å². The highest BCUT2D eigenvalue weighted by Crippen LogP contribution is 2.44. The number of benzene rings is 3. The van der Waals surface area contributed by atoms with Crippen molar-refractivity contribution in [1.82, 2.24) is 19.9 Å². The van der Waals surface area contributed by atoms with E-state index in [1.807, 2.05) is 0 Å². The fourth-order valence-corrected chi connectivity index (χ4v) is 7.40. The zero-order chi connectivity index (χ0) is 32.3. The van der Waals surface area contributed by atoms with Crippen molar-refractivity contribution in [1.29, 1.82) is 0 Å². The molecule has 0 saturated carbocycles. The maximum absolute atomic E-state index is 14.1. The van der Waals surface area contributed by atoms with E-state index < -0.39 is 31.2 Å². The van der Waals surface area contributed by atoms with Crippen LogP contribution in [-0.4, -0.2) is 63.3 Å². The zero-order valence-electron chi connectivity index (χ0n) is 25.2. The number of aromatic hydroxyl groups is 1. The van der Waals surface area contributed by atoms with Gasteiger partial charge < -0.3 is 19.4 Å². The summed E-state index contributed by atoms with van der Waals surface area (Å²) >= 11 is 0. The number of hydrogen-bond donors (Lipinski definition) is 2. The minimum Gasteiger partial charge on any atom is -0.505 e. The molecule has 3 aromatic carbocycles. The fourth-order valence-electron chi connectivity index (χ4n) is 5.37. The Kier molecular flexibility index (Phi) is 9.32. The molecule has 0 bridgehead atoms. The number of para-hydroxylation sites is 1. The molecule has 0 fully saturated rings. The van der Waals surface area contributed by atoms with Crippen LogP contribution < -0.4 is 9.61 Å². The predicted octanol–water partition coefficient (Wildman–Crippen LogP) is 5.54. The van der Waals surface area contributed by atoms with Crippen molar-refractivity contribution >= 4 is 36.0 Å². The van der Waals surface area contributed by atoms with Crippen molar-refractivity contribution in [3.8, 4) is 11.5 Å². The van der Waals surface area contributed by atoms with Gasteiger partial charge >= 0.3 is 7.52 Å². The molecule has 12 heteroatoms. The Hall–Kier alpha value is -4.60. The number of Topliss-reactive ketones (excluding diaryl/α,β-unsaturated/α-hetero) is 1. The number of nitrogens with one attached hydrogen (secondary N) is 1. The lowest BCUT2D eigenvalue weighted by atomic mass is 9.95. The number of hydrogen-bond acceptors (Lipinski definition) is 7. The van der Waals surface area contributed by atoms with Crippen molar-refractivity contribution in [3.63, 3.8) is 0 Å². The summed E-state index contributed by atoms with van der Waals surface area (Å²) in [5.74, 6) is -1.44. The number of pyridine rings is 1. The predicted molar refractivity (Wildman–Crippen MR) is 168 cm³/mol. The van der Waals surface area contributed by atoms with Crippen molar-refractivity contribution < 1.29 is 33.0 Å². The Morgan fingerprint density at radius 1 is 1.13 bits per heavy atom. The molecule has 5 rings (SSSR count). The second-order valence-corrected chi connectivity index (χ2v) is 13.2. The maximum atomic E-state index is 14.1. The normalized spacial score (nSPS) is 14.6. The number of carbonyl (C=O) groups is 3. The monoisotopic (exact) mass is 632 g/mol. The molecule has 0 spiro atoms. The summed E-state index contributed by atoms with van der Waals surface area (Å²) in [4.78, 5) is 47.1. The number of aromatic nitrogens is 1. The molecular formula is C33H34FN4O6P. The minimum atomic E-state index is -3.69. The number of ketones is 1. The van der Waals surface area contributed by atoms with E-state index in [1.54, 1.807) is 75.5 Å². The van der Waals surface area contributed by atoms with Crippen LogP contribution in [-0.2, 0) is 22.4 Å². The molecule has 234 valence electrons. The summed E-state index contributed by atoms with van der Waals surface area (Å²) in [6.45, 7) is 3.49. The van der Waals surface area contributed by atoms with E-state index in [1.165, 1.54) is 28.1 Å². The molecule has 0 saturated heterocycles. The molecule has 2 heterocycles. The summed E-state index contributed by atoms with van der Waals surface area (Å²) in [6, 6.07) is 16.9. The molecule has 2 atom stereocenters. The zero-order valence-corrected chi connectivity index (χ0v) is 26.1. The first-order valence-electron chi connectivity index (χ1n) is 14.6. The van der Waals surface area contributed by atoms with Gasteiger partial charge in [0, 0.05) is 50.2 Å². The van der Waals surface area contributed by atoms with Crippen molar-refractivity contribution in [2.45, 2.75) is 39.4 Å². The Labute approximate surface area is 260 Å². The summed E-state index contributed by atoms with van der Waals surface area (Å²) in [5.41, 5.74) is 1.33. The van der Waals surface area contributed by atoms with Crippen molar-refractivity contribution in [2.24, 2.45) is 0 Å². The van der Waals surface area contributed by atoms with Gasteiger partial charge in [0.15, 0.2) is 5.75 Å². The number of phenolic OH excluding ortho intramolecular Hbond substituents is 1. The first-order chi connectivity index (χ1) is 21.5. The van der Waals surface area contributed by atoms with Gasteiger partial charge in [0.25, 0.3) is 11.8 Å². The van der Waals surface area contributed by atoms with Gasteiger partial charge in [-0.15, -0.1) is 0 Å². The average Bonchev–Trinajstić information content (AvgIpc) is 3.36. The number of rotatable bonds is 12. The summed E-state index contributed by atoms with van der Waals surface area (Å²) < 4.78 is 33.4. The Morgan fingerprint density at radius 2 is 1.84 bits per heavy atom. The van der Waals surface area contributed by atoms with Crippen LogP contribution in [0.1, 0.15) is 52.1 Å². The Bertz CT molecular complexity index is 1800. The quantitative estimate of drug-likeness (QED) is 0.195. The number of fused-ring (bicyclic) bond motifs is 2. The first kappa shape index (κ1) is 31.8. The third-order valence-electron chi connectivity index (χ3n) is 7.79. The van der Waals surface area contributed by atoms with Crippen LogP contribution in [0.5, 0.6) is 11.5 Å². The van der Waals surface area contributed by atoms with Gasteiger partial charge in [0.1, 0.15) is 22.9 Å². The maximum Gasteiger partial charge on any atom is 0.319 e. The van der Waals surface area contributed by atoms with E-state index in [9.17, 15) is 28.4 Å². The lowest BCUT2D eigenvalue weighted by molar-refractivity contribution is -0.120. The van der Waals surface area contributed by atoms with E-state index >= 15 is 0 Å². The summed E-state index contributed by atoms with van der Waals surface area (Å²) in [6.07, 6.45) is 1.60. The Morgan fingerprint density at radius 3 is 2.53 bits per heavy atom. The van der Waals surface area contributed by atoms with Crippen LogP contribution in [0.4, 0.5) is 4.39 Å². The molecule has 45 heavy (non-hydrogen) atoms. The summed E-state index contributed by atoms with van der Waals surface area (Å²) in [5, 5.41) is 14.4.